The number of hydrazone groups is 1. The molecule has 2 fully saturated rings. The van der Waals surface area contributed by atoms with Crippen LogP contribution in [0.5, 0.6) is 0 Å². The number of benzene rings is 2. The van der Waals surface area contributed by atoms with Gasteiger partial charge in [0.15, 0.2) is 0 Å². The quantitative estimate of drug-likeness (QED) is 0.269. The first-order chi connectivity index (χ1) is 18.4. The minimum absolute atomic E-state index is 0.00718. The summed E-state index contributed by atoms with van der Waals surface area (Å²) in [6, 6.07) is 16.4. The number of nitrogens with one attached hydrogen (secondary N) is 1. The molecule has 1 atom stereocenters. The minimum atomic E-state index is -0.300. The van der Waals surface area contributed by atoms with Crippen molar-refractivity contribution in [1.29, 1.82) is 0 Å². The Morgan fingerprint density at radius 2 is 1.87 bits per heavy atom. The number of rotatable bonds is 4. The third-order valence-electron chi connectivity index (χ3n) is 8.54. The maximum Gasteiger partial charge on any atom is 0.259 e. The van der Waals surface area contributed by atoms with Crippen LogP contribution in [0, 0.1) is 0 Å². The van der Waals surface area contributed by atoms with Crippen LogP contribution < -0.4 is 11.0 Å². The molecule has 3 aromatic rings. The molecule has 1 aromatic heterocycles. The van der Waals surface area contributed by atoms with Crippen LogP contribution in [0.2, 0.25) is 0 Å². The Labute approximate surface area is 232 Å². The monoisotopic (exact) mass is 574 g/mol. The summed E-state index contributed by atoms with van der Waals surface area (Å²) in [6.07, 6.45) is 9.84. The lowest BCUT2D eigenvalue weighted by molar-refractivity contribution is -0.0694. The average molecular weight is 576 g/mol. The highest BCUT2D eigenvalue weighted by Crippen LogP contribution is 2.49. The van der Waals surface area contributed by atoms with Crippen LogP contribution in [0.15, 0.2) is 62.9 Å². The van der Waals surface area contributed by atoms with Gasteiger partial charge in [-0.3, -0.25) is 9.36 Å². The summed E-state index contributed by atoms with van der Waals surface area (Å²) >= 11 is 3.48. The summed E-state index contributed by atoms with van der Waals surface area (Å²) in [7, 11) is 0. The van der Waals surface area contributed by atoms with Crippen LogP contribution in [0.1, 0.15) is 81.5 Å². The lowest BCUT2D eigenvalue weighted by atomic mass is 9.62. The van der Waals surface area contributed by atoms with Gasteiger partial charge in [0.25, 0.3) is 5.56 Å². The summed E-state index contributed by atoms with van der Waals surface area (Å²) < 4.78 is 8.95. The minimum Gasteiger partial charge on any atom is -0.375 e. The lowest BCUT2D eigenvalue weighted by Gasteiger charge is -2.43. The van der Waals surface area contributed by atoms with Crippen LogP contribution >= 0.6 is 15.9 Å². The molecule has 2 heterocycles. The summed E-state index contributed by atoms with van der Waals surface area (Å²) in [6.45, 7) is 4.83. The van der Waals surface area contributed by atoms with Crippen molar-refractivity contribution >= 4 is 28.1 Å². The molecule has 2 aromatic carbocycles. The van der Waals surface area contributed by atoms with Crippen LogP contribution in [-0.4, -0.2) is 28.0 Å². The number of anilines is 1. The Kier molecular flexibility index (Phi) is 6.77. The fourth-order valence-corrected chi connectivity index (χ4v) is 7.04. The summed E-state index contributed by atoms with van der Waals surface area (Å²) in [5.74, 6) is 0.507. The molecule has 1 unspecified atom stereocenters. The van der Waals surface area contributed by atoms with Crippen LogP contribution in [0.25, 0.3) is 11.3 Å². The molecule has 0 amide bonds. The number of ether oxygens (including phenoxy) is 1. The molecule has 1 N–H and O–H groups in total. The number of hydrogen-bond donors (Lipinski definition) is 1. The second kappa shape index (κ2) is 10.1. The molecule has 38 heavy (non-hydrogen) atoms. The van der Waals surface area contributed by atoms with E-state index in [0.717, 1.165) is 71.8 Å². The highest BCUT2D eigenvalue weighted by atomic mass is 79.9. The molecule has 198 valence electrons. The van der Waals surface area contributed by atoms with Crippen molar-refractivity contribution in [3.63, 3.8) is 0 Å². The van der Waals surface area contributed by atoms with Gasteiger partial charge in [-0.1, -0.05) is 71.6 Å². The molecule has 1 aliphatic heterocycles. The van der Waals surface area contributed by atoms with E-state index >= 15 is 0 Å². The molecular formula is C31H35BrN4O2. The van der Waals surface area contributed by atoms with Crippen molar-refractivity contribution in [1.82, 2.24) is 9.55 Å². The highest BCUT2D eigenvalue weighted by molar-refractivity contribution is 9.10. The Balaban J connectivity index is 1.51. The van der Waals surface area contributed by atoms with Crippen LogP contribution in [0.4, 0.5) is 5.95 Å². The van der Waals surface area contributed by atoms with Gasteiger partial charge in [0, 0.05) is 28.1 Å². The smallest absolute Gasteiger partial charge is 0.259 e. The number of hydrogen-bond acceptors (Lipinski definition) is 5. The third kappa shape index (κ3) is 4.75. The SMILES string of the molecule is CC1(C)CC(n2c(N/N=C/c3ccc(Br)cc3)nc3c(c2=O)C2(CCCCC2)Cc2ccccc2-3)CCO1. The zero-order chi connectivity index (χ0) is 26.3. The van der Waals surface area contributed by atoms with Gasteiger partial charge in [0.05, 0.1) is 23.1 Å². The largest absolute Gasteiger partial charge is 0.375 e. The standard InChI is InChI=1S/C31H35BrN4O2/c1-30(2)19-24(14-17-38-30)36-28(37)26-27(34-29(36)35-33-20-21-10-12-23(32)13-11-21)25-9-5-4-8-22(25)18-31(26)15-6-3-7-16-31/h4-5,8-13,20,24H,3,6-7,14-19H2,1-2H3,(H,34,35)/b33-20+. The number of nitrogens with zero attached hydrogens (tertiary/aromatic N) is 3. The number of halogens is 1. The van der Waals surface area contributed by atoms with Crippen molar-refractivity contribution in [2.24, 2.45) is 5.10 Å². The fraction of sp³-hybridized carbons (Fsp3) is 0.452. The Morgan fingerprint density at radius 3 is 2.63 bits per heavy atom. The topological polar surface area (TPSA) is 68.5 Å². The molecule has 6 rings (SSSR count). The first-order valence-electron chi connectivity index (χ1n) is 13.8. The number of aromatic nitrogens is 2. The molecule has 2 aliphatic carbocycles. The normalized spacial score (nSPS) is 21.7. The van der Waals surface area contributed by atoms with Gasteiger partial charge in [0.1, 0.15) is 0 Å². The predicted molar refractivity (Wildman–Crippen MR) is 156 cm³/mol. The maximum absolute atomic E-state index is 14.7. The van der Waals surface area contributed by atoms with E-state index in [9.17, 15) is 4.79 Å². The first-order valence-corrected chi connectivity index (χ1v) is 14.6. The van der Waals surface area contributed by atoms with E-state index in [1.165, 1.54) is 12.0 Å². The Bertz CT molecular complexity index is 1420. The zero-order valence-corrected chi connectivity index (χ0v) is 23.8. The van der Waals surface area contributed by atoms with Crippen LogP contribution in [0.3, 0.4) is 0 Å². The molecule has 1 saturated heterocycles. The van der Waals surface area contributed by atoms with Gasteiger partial charge in [-0.15, -0.1) is 0 Å². The first kappa shape index (κ1) is 25.5. The van der Waals surface area contributed by atoms with Gasteiger partial charge >= 0.3 is 0 Å². The summed E-state index contributed by atoms with van der Waals surface area (Å²) in [5, 5.41) is 4.54. The third-order valence-corrected chi connectivity index (χ3v) is 9.07. The molecule has 1 saturated carbocycles. The fourth-order valence-electron chi connectivity index (χ4n) is 6.77. The van der Waals surface area contributed by atoms with E-state index in [1.54, 1.807) is 6.21 Å². The molecule has 0 radical (unpaired) electrons. The molecule has 6 nitrogen and oxygen atoms in total. The molecule has 3 aliphatic rings. The van der Waals surface area contributed by atoms with Gasteiger partial charge in [-0.05, 0) is 69.2 Å². The van der Waals surface area contributed by atoms with Gasteiger partial charge in [-0.25, -0.2) is 10.4 Å². The Morgan fingerprint density at radius 1 is 1.11 bits per heavy atom. The summed E-state index contributed by atoms with van der Waals surface area (Å²) in [4.78, 5) is 19.9. The predicted octanol–water partition coefficient (Wildman–Crippen LogP) is 7.01. The van der Waals surface area contributed by atoms with E-state index in [1.807, 2.05) is 28.8 Å². The van der Waals surface area contributed by atoms with E-state index in [4.69, 9.17) is 9.72 Å². The van der Waals surface area contributed by atoms with E-state index in [2.05, 4.69) is 64.6 Å². The zero-order valence-electron chi connectivity index (χ0n) is 22.2. The van der Waals surface area contributed by atoms with Crippen LogP contribution in [-0.2, 0) is 16.6 Å². The van der Waals surface area contributed by atoms with Crippen molar-refractivity contribution in [3.8, 4) is 11.3 Å². The van der Waals surface area contributed by atoms with Gasteiger partial charge < -0.3 is 4.74 Å². The number of fused-ring (bicyclic) bond motifs is 4. The van der Waals surface area contributed by atoms with Crippen molar-refractivity contribution in [2.45, 2.75) is 82.3 Å². The van der Waals surface area contributed by atoms with Crippen molar-refractivity contribution in [2.75, 3.05) is 12.0 Å². The second-order valence-corrected chi connectivity index (χ2v) is 12.6. The van der Waals surface area contributed by atoms with Gasteiger partial charge in [-0.2, -0.15) is 5.10 Å². The van der Waals surface area contributed by atoms with E-state index in [0.29, 0.717) is 12.6 Å². The molecule has 7 heteroatoms. The highest BCUT2D eigenvalue weighted by Gasteiger charge is 2.44. The maximum atomic E-state index is 14.7. The Hall–Kier alpha value is -2.77. The van der Waals surface area contributed by atoms with E-state index in [-0.39, 0.29) is 22.6 Å². The van der Waals surface area contributed by atoms with Crippen molar-refractivity contribution < 1.29 is 4.74 Å². The average Bonchev–Trinajstić information content (AvgIpc) is 2.89. The summed E-state index contributed by atoms with van der Waals surface area (Å²) in [5.41, 5.74) is 7.92. The lowest BCUT2D eigenvalue weighted by Crippen LogP contribution is -2.45. The molecule has 0 bridgehead atoms. The van der Waals surface area contributed by atoms with Gasteiger partial charge in [0.2, 0.25) is 5.95 Å². The second-order valence-electron chi connectivity index (χ2n) is 11.7. The molecule has 1 spiro atoms. The van der Waals surface area contributed by atoms with Crippen molar-refractivity contribution in [3.05, 3.63) is 80.0 Å². The van der Waals surface area contributed by atoms with E-state index < -0.39 is 0 Å². The molecular weight excluding hydrogens is 540 g/mol.